The number of allylic oxidation sites excluding steroid dienone is 4. The molecule has 1 aliphatic rings. The number of benzene rings is 4. The third kappa shape index (κ3) is 3.96. The Morgan fingerprint density at radius 2 is 1.32 bits per heavy atom. The number of hydrogen-bond donors (Lipinski definition) is 0. The highest BCUT2D eigenvalue weighted by Crippen LogP contribution is 2.37. The third-order valence-corrected chi connectivity index (χ3v) is 8.56. The molecule has 7 rings (SSSR count). The Labute approximate surface area is 222 Å². The van der Waals surface area contributed by atoms with Crippen molar-refractivity contribution < 1.29 is 0 Å². The van der Waals surface area contributed by atoms with Crippen LogP contribution in [0.5, 0.6) is 0 Å². The number of fused-ring (bicyclic) bond motifs is 3. The Kier molecular flexibility index (Phi) is 5.45. The summed E-state index contributed by atoms with van der Waals surface area (Å²) in [6, 6.07) is 37.9. The van der Waals surface area contributed by atoms with E-state index in [0.29, 0.717) is 0 Å². The van der Waals surface area contributed by atoms with Crippen LogP contribution in [0.15, 0.2) is 121 Å². The van der Waals surface area contributed by atoms with Crippen LogP contribution >= 0.6 is 11.3 Å². The minimum absolute atomic E-state index is 1.11. The maximum absolute atomic E-state index is 2.41. The molecule has 2 heterocycles. The highest BCUT2D eigenvalue weighted by Gasteiger charge is 2.15. The minimum atomic E-state index is 1.11. The number of thiophene rings is 1. The Bertz CT molecular complexity index is 1820. The molecule has 0 unspecified atom stereocenters. The van der Waals surface area contributed by atoms with Crippen LogP contribution in [-0.2, 0) is 0 Å². The summed E-state index contributed by atoms with van der Waals surface area (Å²) in [5.74, 6) is 0. The molecule has 3 heteroatoms. The van der Waals surface area contributed by atoms with Crippen LogP contribution in [0.3, 0.4) is 0 Å². The quantitative estimate of drug-likeness (QED) is 0.219. The van der Waals surface area contributed by atoms with Gasteiger partial charge in [0.15, 0.2) is 0 Å². The van der Waals surface area contributed by atoms with Crippen LogP contribution in [0.4, 0.5) is 0 Å². The first-order valence-electron chi connectivity index (χ1n) is 12.9. The highest BCUT2D eigenvalue weighted by molar-refractivity contribution is 7.18. The second-order valence-electron chi connectivity index (χ2n) is 9.82. The van der Waals surface area contributed by atoms with Crippen molar-refractivity contribution in [2.45, 2.75) is 12.8 Å². The van der Waals surface area contributed by atoms with E-state index in [1.54, 1.807) is 0 Å². The molecule has 1 aliphatic carbocycles. The average molecular weight is 491 g/mol. The molecule has 37 heavy (non-hydrogen) atoms. The maximum Gasteiger partial charge on any atom is 0.139 e. The van der Waals surface area contributed by atoms with Crippen LogP contribution in [0, 0.1) is 0 Å². The van der Waals surface area contributed by atoms with Gasteiger partial charge in [0.25, 0.3) is 0 Å². The molecule has 0 fully saturated rings. The van der Waals surface area contributed by atoms with Crippen LogP contribution in [0.25, 0.3) is 53.9 Å². The highest BCUT2D eigenvalue weighted by atomic mass is 32.1. The zero-order valence-electron chi connectivity index (χ0n) is 20.8. The topological polar surface area (TPSA) is 4.93 Å². The predicted octanol–water partition coefficient (Wildman–Crippen LogP) is 8.17. The Balaban J connectivity index is 1.32. The van der Waals surface area contributed by atoms with Crippen molar-refractivity contribution in [2.24, 2.45) is 0 Å². The van der Waals surface area contributed by atoms with E-state index in [4.69, 9.17) is 0 Å². The zero-order valence-corrected chi connectivity index (χ0v) is 21.6. The predicted molar refractivity (Wildman–Crippen MR) is 164 cm³/mol. The molecule has 0 spiro atoms. The molecule has 0 amide bonds. The van der Waals surface area contributed by atoms with Gasteiger partial charge in [-0.3, -0.25) is 0 Å². The van der Waals surface area contributed by atoms with E-state index in [-0.39, 0.29) is 0 Å². The lowest BCUT2D eigenvalue weighted by Gasteiger charge is -2.11. The molecule has 4 aromatic carbocycles. The molecular weight excluding hydrogens is 465 g/mol. The van der Waals surface area contributed by atoms with Crippen LogP contribution in [0.2, 0.25) is 0 Å². The first-order chi connectivity index (χ1) is 18.2. The van der Waals surface area contributed by atoms with E-state index < -0.39 is 0 Å². The summed E-state index contributed by atoms with van der Waals surface area (Å²) >= 11 is 1.85. The first-order valence-corrected chi connectivity index (χ1v) is 13.7. The number of aromatic nitrogens is 1. The summed E-state index contributed by atoms with van der Waals surface area (Å²) in [7, 11) is 2.18. The van der Waals surface area contributed by atoms with Gasteiger partial charge in [-0.2, -0.15) is 0 Å². The fraction of sp³-hybridized carbons (Fsp3) is 0.0588. The van der Waals surface area contributed by atoms with Crippen molar-refractivity contribution in [2.75, 3.05) is 0 Å². The van der Waals surface area contributed by atoms with Crippen molar-refractivity contribution in [3.63, 3.8) is 0 Å². The van der Waals surface area contributed by atoms with E-state index in [1.165, 1.54) is 65.0 Å². The van der Waals surface area contributed by atoms with Crippen LogP contribution in [0.1, 0.15) is 18.4 Å². The van der Waals surface area contributed by atoms with Crippen molar-refractivity contribution >= 4 is 52.0 Å². The number of rotatable bonds is 4. The Hall–Kier alpha value is -4.08. The molecule has 0 bridgehead atoms. The lowest BCUT2D eigenvalue weighted by atomic mass is 9.93. The van der Waals surface area contributed by atoms with Gasteiger partial charge >= 0.3 is 0 Å². The second-order valence-corrected chi connectivity index (χ2v) is 10.9. The van der Waals surface area contributed by atoms with Crippen molar-refractivity contribution in [3.05, 3.63) is 127 Å². The summed E-state index contributed by atoms with van der Waals surface area (Å²) in [5.41, 5.74) is 10.3. The SMILES string of the molecule is Bc1ccc2c(c1)c1cc(C3=CC=CCC3)ccc1n2-c1ccc(-c2ccc(-c3ccccc3)s2)cc1. The molecule has 0 N–H and O–H groups in total. The van der Waals surface area contributed by atoms with Gasteiger partial charge in [0.05, 0.1) is 11.0 Å². The Morgan fingerprint density at radius 3 is 2.05 bits per heavy atom. The summed E-state index contributed by atoms with van der Waals surface area (Å²) < 4.78 is 2.41. The lowest BCUT2D eigenvalue weighted by molar-refractivity contribution is 1.05. The molecule has 0 atom stereocenters. The summed E-state index contributed by atoms with van der Waals surface area (Å²) in [6.07, 6.45) is 8.93. The van der Waals surface area contributed by atoms with E-state index in [0.717, 1.165) is 12.8 Å². The third-order valence-electron chi connectivity index (χ3n) is 7.38. The van der Waals surface area contributed by atoms with Crippen molar-refractivity contribution in [3.8, 4) is 26.6 Å². The van der Waals surface area contributed by atoms with Gasteiger partial charge in [-0.15, -0.1) is 11.3 Å². The van der Waals surface area contributed by atoms with E-state index >= 15 is 0 Å². The van der Waals surface area contributed by atoms with E-state index in [1.807, 2.05) is 11.3 Å². The smallest absolute Gasteiger partial charge is 0.139 e. The summed E-state index contributed by atoms with van der Waals surface area (Å²) in [4.78, 5) is 2.60. The fourth-order valence-corrected chi connectivity index (χ4v) is 6.50. The fourth-order valence-electron chi connectivity index (χ4n) is 5.48. The molecule has 0 radical (unpaired) electrons. The van der Waals surface area contributed by atoms with Crippen LogP contribution in [-0.4, -0.2) is 12.4 Å². The average Bonchev–Trinajstić information content (AvgIpc) is 3.57. The molecule has 2 aromatic heterocycles. The standard InChI is InChI=1S/C34H26BNS/c35-27-14-18-32-30(22-27)29-21-26(23-7-3-1-4-8-23)13-17-31(29)36(32)28-15-11-25(12-16-28)34-20-19-33(37-34)24-9-5-2-6-10-24/h1-3,5-7,9-22H,4,8,35H2. The Morgan fingerprint density at radius 1 is 0.649 bits per heavy atom. The molecule has 0 aliphatic heterocycles. The molecule has 176 valence electrons. The molecule has 1 nitrogen and oxygen atoms in total. The maximum atomic E-state index is 2.41. The van der Waals surface area contributed by atoms with Crippen molar-refractivity contribution in [1.82, 2.24) is 4.57 Å². The second kappa shape index (κ2) is 9.10. The van der Waals surface area contributed by atoms with Gasteiger partial charge in [-0.1, -0.05) is 84.4 Å². The zero-order chi connectivity index (χ0) is 24.8. The molecule has 0 saturated heterocycles. The minimum Gasteiger partial charge on any atom is -0.309 e. The first kappa shape index (κ1) is 22.1. The molecular formula is C34H26BNS. The van der Waals surface area contributed by atoms with E-state index in [2.05, 4.69) is 134 Å². The number of nitrogens with zero attached hydrogens (tertiary/aromatic N) is 1. The lowest BCUT2D eigenvalue weighted by Crippen LogP contribution is -2.00. The van der Waals surface area contributed by atoms with Gasteiger partial charge in [0.2, 0.25) is 0 Å². The molecule has 0 saturated carbocycles. The van der Waals surface area contributed by atoms with Gasteiger partial charge < -0.3 is 4.57 Å². The van der Waals surface area contributed by atoms with Crippen molar-refractivity contribution in [1.29, 1.82) is 0 Å². The van der Waals surface area contributed by atoms with Gasteiger partial charge in [-0.05, 0) is 77.6 Å². The normalized spacial score (nSPS) is 13.4. The summed E-state index contributed by atoms with van der Waals surface area (Å²) in [6.45, 7) is 0. The van der Waals surface area contributed by atoms with Gasteiger partial charge in [0.1, 0.15) is 7.85 Å². The van der Waals surface area contributed by atoms with E-state index in [9.17, 15) is 0 Å². The monoisotopic (exact) mass is 491 g/mol. The number of hydrogen-bond acceptors (Lipinski definition) is 1. The van der Waals surface area contributed by atoms with Gasteiger partial charge in [0, 0.05) is 26.2 Å². The molecule has 6 aromatic rings. The van der Waals surface area contributed by atoms with Gasteiger partial charge in [-0.25, -0.2) is 0 Å². The largest absolute Gasteiger partial charge is 0.309 e. The summed E-state index contributed by atoms with van der Waals surface area (Å²) in [5, 5.41) is 2.64. The van der Waals surface area contributed by atoms with Crippen LogP contribution < -0.4 is 5.46 Å².